The predicted molar refractivity (Wildman–Crippen MR) is 86.2 cm³/mol. The molecule has 1 aliphatic heterocycles. The summed E-state index contributed by atoms with van der Waals surface area (Å²) in [7, 11) is 0. The van der Waals surface area contributed by atoms with Gasteiger partial charge in [-0.05, 0) is 42.9 Å². The number of hydrogen-bond donors (Lipinski definition) is 0. The van der Waals surface area contributed by atoms with Gasteiger partial charge < -0.3 is 4.74 Å². The standard InChI is InChI=1S/C18H27ClO/c1-2-3-4-5-6-7-15-8-13-18(20-14-15)16-9-11-17(19)12-10-16/h9-12,15,18H,2-8,13-14H2,1H3. The number of benzene rings is 1. The third kappa shape index (κ3) is 5.10. The number of ether oxygens (including phenoxy) is 1. The van der Waals surface area contributed by atoms with Gasteiger partial charge in [-0.1, -0.05) is 62.8 Å². The first-order valence-corrected chi connectivity index (χ1v) is 8.54. The highest BCUT2D eigenvalue weighted by Crippen LogP contribution is 2.33. The van der Waals surface area contributed by atoms with Crippen molar-refractivity contribution >= 4 is 11.6 Å². The molecule has 0 spiro atoms. The topological polar surface area (TPSA) is 9.23 Å². The van der Waals surface area contributed by atoms with E-state index in [1.165, 1.54) is 50.5 Å². The summed E-state index contributed by atoms with van der Waals surface area (Å²) in [6, 6.07) is 8.11. The molecule has 0 N–H and O–H groups in total. The van der Waals surface area contributed by atoms with Crippen LogP contribution in [-0.2, 0) is 4.74 Å². The number of halogens is 1. The fourth-order valence-electron chi connectivity index (χ4n) is 3.01. The van der Waals surface area contributed by atoms with E-state index in [0.717, 1.165) is 24.0 Å². The number of rotatable bonds is 7. The summed E-state index contributed by atoms with van der Waals surface area (Å²) >= 11 is 5.93. The molecule has 0 aliphatic carbocycles. The maximum Gasteiger partial charge on any atom is 0.0825 e. The van der Waals surface area contributed by atoms with Gasteiger partial charge in [0.2, 0.25) is 0 Å². The van der Waals surface area contributed by atoms with Gasteiger partial charge in [0.1, 0.15) is 0 Å². The summed E-state index contributed by atoms with van der Waals surface area (Å²) in [5.41, 5.74) is 1.27. The van der Waals surface area contributed by atoms with Crippen LogP contribution in [0.4, 0.5) is 0 Å². The van der Waals surface area contributed by atoms with E-state index in [-0.39, 0.29) is 6.10 Å². The molecule has 1 aliphatic rings. The van der Waals surface area contributed by atoms with Crippen LogP contribution in [0, 0.1) is 5.92 Å². The average molecular weight is 295 g/mol. The fourth-order valence-corrected chi connectivity index (χ4v) is 3.14. The molecule has 2 rings (SSSR count). The van der Waals surface area contributed by atoms with Gasteiger partial charge in [0, 0.05) is 5.02 Å². The minimum absolute atomic E-state index is 0.281. The highest BCUT2D eigenvalue weighted by Gasteiger charge is 2.22. The van der Waals surface area contributed by atoms with E-state index >= 15 is 0 Å². The lowest BCUT2D eigenvalue weighted by atomic mass is 9.91. The molecule has 0 amide bonds. The Kier molecular flexibility index (Phi) is 6.89. The Labute approximate surface area is 128 Å². The SMILES string of the molecule is CCCCCCCC1CCC(c2ccc(Cl)cc2)OC1. The molecule has 1 fully saturated rings. The number of hydrogen-bond acceptors (Lipinski definition) is 1. The average Bonchev–Trinajstić information content (AvgIpc) is 2.49. The zero-order valence-electron chi connectivity index (χ0n) is 12.6. The molecule has 1 nitrogen and oxygen atoms in total. The van der Waals surface area contributed by atoms with Gasteiger partial charge in [-0.3, -0.25) is 0 Å². The molecule has 2 unspecified atom stereocenters. The summed E-state index contributed by atoms with van der Waals surface area (Å²) in [6.45, 7) is 3.20. The lowest BCUT2D eigenvalue weighted by Crippen LogP contribution is -2.20. The molecule has 1 aromatic carbocycles. The van der Waals surface area contributed by atoms with E-state index < -0.39 is 0 Å². The molecule has 2 atom stereocenters. The molecule has 1 aromatic rings. The van der Waals surface area contributed by atoms with E-state index in [4.69, 9.17) is 16.3 Å². The summed E-state index contributed by atoms with van der Waals surface area (Å²) in [5, 5.41) is 0.800. The van der Waals surface area contributed by atoms with Crippen LogP contribution in [-0.4, -0.2) is 6.61 Å². The van der Waals surface area contributed by atoms with E-state index in [0.29, 0.717) is 0 Å². The Balaban J connectivity index is 1.66. The van der Waals surface area contributed by atoms with Crippen molar-refractivity contribution in [1.82, 2.24) is 0 Å². The van der Waals surface area contributed by atoms with E-state index in [1.54, 1.807) is 0 Å². The van der Waals surface area contributed by atoms with Gasteiger partial charge in [-0.15, -0.1) is 0 Å². The monoisotopic (exact) mass is 294 g/mol. The Morgan fingerprint density at radius 2 is 1.80 bits per heavy atom. The smallest absolute Gasteiger partial charge is 0.0825 e. The summed E-state index contributed by atoms with van der Waals surface area (Å²) < 4.78 is 6.05. The Bertz CT molecular complexity index is 366. The second-order valence-electron chi connectivity index (χ2n) is 6.02. The molecule has 20 heavy (non-hydrogen) atoms. The minimum atomic E-state index is 0.281. The second-order valence-corrected chi connectivity index (χ2v) is 6.46. The van der Waals surface area contributed by atoms with Crippen LogP contribution in [0.25, 0.3) is 0 Å². The van der Waals surface area contributed by atoms with Gasteiger partial charge in [-0.25, -0.2) is 0 Å². The number of unbranched alkanes of at least 4 members (excludes halogenated alkanes) is 4. The van der Waals surface area contributed by atoms with Crippen LogP contribution in [0.3, 0.4) is 0 Å². The van der Waals surface area contributed by atoms with Gasteiger partial charge in [0.05, 0.1) is 12.7 Å². The minimum Gasteiger partial charge on any atom is -0.373 e. The normalized spacial score (nSPS) is 22.9. The maximum absolute atomic E-state index is 6.05. The summed E-state index contributed by atoms with van der Waals surface area (Å²) in [6.07, 6.45) is 11.0. The molecule has 0 aromatic heterocycles. The third-order valence-electron chi connectivity index (χ3n) is 4.33. The van der Waals surface area contributed by atoms with Crippen LogP contribution >= 0.6 is 11.6 Å². The highest BCUT2D eigenvalue weighted by atomic mass is 35.5. The molecular weight excluding hydrogens is 268 g/mol. The van der Waals surface area contributed by atoms with Gasteiger partial charge in [-0.2, -0.15) is 0 Å². The first-order valence-electron chi connectivity index (χ1n) is 8.16. The lowest BCUT2D eigenvalue weighted by Gasteiger charge is -2.29. The van der Waals surface area contributed by atoms with Crippen molar-refractivity contribution in [2.45, 2.75) is 64.4 Å². The van der Waals surface area contributed by atoms with Crippen molar-refractivity contribution < 1.29 is 4.74 Å². The van der Waals surface area contributed by atoms with E-state index in [1.807, 2.05) is 12.1 Å². The van der Waals surface area contributed by atoms with Crippen molar-refractivity contribution in [2.75, 3.05) is 6.61 Å². The van der Waals surface area contributed by atoms with Crippen LogP contribution in [0.2, 0.25) is 5.02 Å². The zero-order chi connectivity index (χ0) is 14.2. The van der Waals surface area contributed by atoms with E-state index in [9.17, 15) is 0 Å². The van der Waals surface area contributed by atoms with E-state index in [2.05, 4.69) is 19.1 Å². The first-order chi connectivity index (χ1) is 9.79. The quantitative estimate of drug-likeness (QED) is 0.547. The summed E-state index contributed by atoms with van der Waals surface area (Å²) in [4.78, 5) is 0. The van der Waals surface area contributed by atoms with Gasteiger partial charge >= 0.3 is 0 Å². The molecular formula is C18H27ClO. The van der Waals surface area contributed by atoms with Crippen LogP contribution in [0.15, 0.2) is 24.3 Å². The van der Waals surface area contributed by atoms with Crippen molar-refractivity contribution in [3.8, 4) is 0 Å². The van der Waals surface area contributed by atoms with Gasteiger partial charge in [0.15, 0.2) is 0 Å². The maximum atomic E-state index is 6.05. The molecule has 1 heterocycles. The lowest BCUT2D eigenvalue weighted by molar-refractivity contribution is -0.0199. The molecule has 2 heteroatoms. The molecule has 1 saturated heterocycles. The Morgan fingerprint density at radius 1 is 1.05 bits per heavy atom. The van der Waals surface area contributed by atoms with Crippen molar-refractivity contribution in [1.29, 1.82) is 0 Å². The Morgan fingerprint density at radius 3 is 2.45 bits per heavy atom. The Hall–Kier alpha value is -0.530. The highest BCUT2D eigenvalue weighted by molar-refractivity contribution is 6.30. The zero-order valence-corrected chi connectivity index (χ0v) is 13.4. The van der Waals surface area contributed by atoms with Crippen LogP contribution in [0.1, 0.15) is 70.0 Å². The third-order valence-corrected chi connectivity index (χ3v) is 4.58. The first kappa shape index (κ1) is 15.9. The van der Waals surface area contributed by atoms with Crippen molar-refractivity contribution in [2.24, 2.45) is 5.92 Å². The molecule has 112 valence electrons. The fraction of sp³-hybridized carbons (Fsp3) is 0.667. The predicted octanol–water partition coefficient (Wildman–Crippen LogP) is 6.17. The molecule has 0 bridgehead atoms. The molecule has 0 saturated carbocycles. The van der Waals surface area contributed by atoms with Crippen LogP contribution < -0.4 is 0 Å². The molecule has 0 radical (unpaired) electrons. The van der Waals surface area contributed by atoms with Gasteiger partial charge in [0.25, 0.3) is 0 Å². The van der Waals surface area contributed by atoms with Crippen molar-refractivity contribution in [3.63, 3.8) is 0 Å². The largest absolute Gasteiger partial charge is 0.373 e. The summed E-state index contributed by atoms with van der Waals surface area (Å²) in [5.74, 6) is 0.778. The van der Waals surface area contributed by atoms with Crippen LogP contribution in [0.5, 0.6) is 0 Å². The van der Waals surface area contributed by atoms with Crippen molar-refractivity contribution in [3.05, 3.63) is 34.9 Å². The second kappa shape index (κ2) is 8.69.